The Bertz CT molecular complexity index is 655. The molecule has 0 fully saturated rings. The molecule has 0 saturated heterocycles. The molecule has 0 amide bonds. The van der Waals surface area contributed by atoms with E-state index in [9.17, 15) is 4.79 Å². The molecule has 0 aliphatic heterocycles. The topological polar surface area (TPSA) is 55.0 Å². The molecule has 2 aromatic rings. The number of nitrogens with one attached hydrogen (secondary N) is 1. The molecule has 0 saturated carbocycles. The number of fused-ring (bicyclic) bond motifs is 1. The third-order valence-electron chi connectivity index (χ3n) is 3.50. The Labute approximate surface area is 128 Å². The minimum Gasteiger partial charge on any atom is -0.493 e. The van der Waals surface area contributed by atoms with E-state index in [0.29, 0.717) is 11.8 Å². The van der Waals surface area contributed by atoms with E-state index in [4.69, 9.17) is 4.74 Å². The van der Waals surface area contributed by atoms with Gasteiger partial charge in [0.25, 0.3) is 5.56 Å². The van der Waals surface area contributed by atoms with Crippen LogP contribution >= 0.6 is 11.8 Å². The maximum Gasteiger partial charge on any atom is 0.254 e. The molecule has 0 atom stereocenters. The number of rotatable bonds is 5. The Hall–Kier alpha value is -1.75. The molecule has 1 aliphatic carbocycles. The van der Waals surface area contributed by atoms with Crippen LogP contribution < -0.4 is 10.3 Å². The highest BCUT2D eigenvalue weighted by atomic mass is 32.2. The molecular formula is C16H18N2O2S. The van der Waals surface area contributed by atoms with E-state index in [1.807, 2.05) is 30.3 Å². The highest BCUT2D eigenvalue weighted by molar-refractivity contribution is 7.99. The molecule has 0 unspecified atom stereocenters. The summed E-state index contributed by atoms with van der Waals surface area (Å²) in [4.78, 5) is 19.4. The second kappa shape index (κ2) is 6.80. The van der Waals surface area contributed by atoms with Crippen molar-refractivity contribution in [1.82, 2.24) is 9.97 Å². The average Bonchev–Trinajstić information content (AvgIpc) is 2.53. The number of hydrogen-bond donors (Lipinski definition) is 1. The molecule has 0 radical (unpaired) electrons. The number of aryl methyl sites for hydroxylation is 1. The van der Waals surface area contributed by atoms with Crippen LogP contribution in [0.1, 0.15) is 24.1 Å². The van der Waals surface area contributed by atoms with E-state index in [1.165, 1.54) is 11.8 Å². The molecule has 1 aliphatic rings. The van der Waals surface area contributed by atoms with Crippen molar-refractivity contribution in [2.75, 3.05) is 12.4 Å². The van der Waals surface area contributed by atoms with Crippen molar-refractivity contribution in [2.45, 2.75) is 30.8 Å². The molecule has 21 heavy (non-hydrogen) atoms. The van der Waals surface area contributed by atoms with E-state index in [1.54, 1.807) is 0 Å². The van der Waals surface area contributed by atoms with Gasteiger partial charge in [-0.1, -0.05) is 30.0 Å². The van der Waals surface area contributed by atoms with E-state index in [-0.39, 0.29) is 5.56 Å². The summed E-state index contributed by atoms with van der Waals surface area (Å²) < 4.78 is 5.63. The van der Waals surface area contributed by atoms with Crippen molar-refractivity contribution in [2.24, 2.45) is 0 Å². The zero-order valence-corrected chi connectivity index (χ0v) is 12.6. The number of H-pyrrole nitrogens is 1. The second-order valence-electron chi connectivity index (χ2n) is 5.01. The fourth-order valence-corrected chi connectivity index (χ4v) is 3.16. The zero-order valence-electron chi connectivity index (χ0n) is 11.8. The molecule has 1 aromatic heterocycles. The number of hydrogen-bond acceptors (Lipinski definition) is 4. The summed E-state index contributed by atoms with van der Waals surface area (Å²) in [5, 5.41) is 0.706. The van der Waals surface area contributed by atoms with Crippen LogP contribution in [0.25, 0.3) is 0 Å². The minimum absolute atomic E-state index is 0.0335. The largest absolute Gasteiger partial charge is 0.493 e. The first-order valence-electron chi connectivity index (χ1n) is 7.25. The molecule has 5 heteroatoms. The van der Waals surface area contributed by atoms with Crippen molar-refractivity contribution in [3.8, 4) is 5.75 Å². The van der Waals surface area contributed by atoms with Crippen LogP contribution in [0.4, 0.5) is 0 Å². The van der Waals surface area contributed by atoms with E-state index in [0.717, 1.165) is 48.4 Å². The lowest BCUT2D eigenvalue weighted by Crippen LogP contribution is -2.21. The van der Waals surface area contributed by atoms with Crippen molar-refractivity contribution in [3.05, 3.63) is 51.9 Å². The fraction of sp³-hybridized carbons (Fsp3) is 0.375. The Morgan fingerprint density at radius 3 is 2.86 bits per heavy atom. The summed E-state index contributed by atoms with van der Waals surface area (Å²) >= 11 is 1.53. The maximum atomic E-state index is 12.0. The number of aromatic nitrogens is 2. The minimum atomic E-state index is 0.0335. The van der Waals surface area contributed by atoms with Crippen molar-refractivity contribution >= 4 is 11.8 Å². The number of thioether (sulfide) groups is 1. The number of benzene rings is 1. The second-order valence-corrected chi connectivity index (χ2v) is 6.10. The van der Waals surface area contributed by atoms with Crippen LogP contribution in [-0.2, 0) is 12.8 Å². The fourth-order valence-electron chi connectivity index (χ4n) is 2.46. The Kier molecular flexibility index (Phi) is 4.60. The van der Waals surface area contributed by atoms with Crippen molar-refractivity contribution in [1.29, 1.82) is 0 Å². The van der Waals surface area contributed by atoms with E-state index in [2.05, 4.69) is 9.97 Å². The standard InChI is InChI=1S/C16H18N2O2S/c19-15-13-8-4-5-9-14(13)17-16(18-15)21-11-10-20-12-6-2-1-3-7-12/h1-3,6-7H,4-5,8-11H2,(H,17,18,19). The first-order chi connectivity index (χ1) is 10.3. The summed E-state index contributed by atoms with van der Waals surface area (Å²) in [6, 6.07) is 9.73. The van der Waals surface area contributed by atoms with Gasteiger partial charge in [-0.2, -0.15) is 0 Å². The van der Waals surface area contributed by atoms with Gasteiger partial charge in [-0.05, 0) is 37.8 Å². The molecule has 0 bridgehead atoms. The molecule has 1 heterocycles. The van der Waals surface area contributed by atoms with Crippen LogP contribution in [0.3, 0.4) is 0 Å². The molecule has 110 valence electrons. The summed E-state index contributed by atoms with van der Waals surface area (Å²) in [7, 11) is 0. The quantitative estimate of drug-likeness (QED) is 0.524. The number of nitrogens with zero attached hydrogens (tertiary/aromatic N) is 1. The molecule has 4 nitrogen and oxygen atoms in total. The molecule has 1 aromatic carbocycles. The normalized spacial score (nSPS) is 13.7. The van der Waals surface area contributed by atoms with Gasteiger partial charge < -0.3 is 9.72 Å². The molecule has 3 rings (SSSR count). The highest BCUT2D eigenvalue weighted by Crippen LogP contribution is 2.19. The summed E-state index contributed by atoms with van der Waals surface area (Å²) in [6.45, 7) is 0.593. The molecule has 1 N–H and O–H groups in total. The lowest BCUT2D eigenvalue weighted by atomic mass is 9.97. The molecule has 0 spiro atoms. The predicted octanol–water partition coefficient (Wildman–Crippen LogP) is 2.82. The van der Waals surface area contributed by atoms with Gasteiger partial charge in [-0.25, -0.2) is 4.98 Å². The summed E-state index contributed by atoms with van der Waals surface area (Å²) in [5.41, 5.74) is 1.90. The van der Waals surface area contributed by atoms with Crippen molar-refractivity contribution in [3.63, 3.8) is 0 Å². The first-order valence-corrected chi connectivity index (χ1v) is 8.24. The van der Waals surface area contributed by atoms with E-state index >= 15 is 0 Å². The van der Waals surface area contributed by atoms with Crippen LogP contribution in [0.5, 0.6) is 5.75 Å². The van der Waals surface area contributed by atoms with E-state index < -0.39 is 0 Å². The smallest absolute Gasteiger partial charge is 0.254 e. The third-order valence-corrected chi connectivity index (χ3v) is 4.34. The lowest BCUT2D eigenvalue weighted by Gasteiger charge is -2.14. The summed E-state index contributed by atoms with van der Waals surface area (Å²) in [5.74, 6) is 1.63. The number of para-hydroxylation sites is 1. The Morgan fingerprint density at radius 1 is 1.19 bits per heavy atom. The van der Waals surface area contributed by atoms with Crippen molar-refractivity contribution < 1.29 is 4.74 Å². The van der Waals surface area contributed by atoms with Crippen LogP contribution in [0.15, 0.2) is 40.3 Å². The lowest BCUT2D eigenvalue weighted by molar-refractivity contribution is 0.344. The third kappa shape index (κ3) is 3.67. The van der Waals surface area contributed by atoms with Crippen LogP contribution in [0.2, 0.25) is 0 Å². The van der Waals surface area contributed by atoms with Crippen LogP contribution in [0, 0.1) is 0 Å². The van der Waals surface area contributed by atoms with Gasteiger partial charge in [0, 0.05) is 11.3 Å². The predicted molar refractivity (Wildman–Crippen MR) is 84.2 cm³/mol. The number of aromatic amines is 1. The monoisotopic (exact) mass is 302 g/mol. The Balaban J connectivity index is 1.56. The van der Waals surface area contributed by atoms with Gasteiger partial charge >= 0.3 is 0 Å². The number of ether oxygens (including phenoxy) is 1. The Morgan fingerprint density at radius 2 is 2.00 bits per heavy atom. The highest BCUT2D eigenvalue weighted by Gasteiger charge is 2.15. The SMILES string of the molecule is O=c1[nH]c(SCCOc2ccccc2)nc2c1CCCC2. The average molecular weight is 302 g/mol. The zero-order chi connectivity index (χ0) is 14.5. The first kappa shape index (κ1) is 14.2. The van der Waals surface area contributed by atoms with Gasteiger partial charge in [0.1, 0.15) is 5.75 Å². The van der Waals surface area contributed by atoms with Gasteiger partial charge in [0.05, 0.1) is 12.3 Å². The maximum absolute atomic E-state index is 12.0. The van der Waals surface area contributed by atoms with Gasteiger partial charge in [0.2, 0.25) is 0 Å². The van der Waals surface area contributed by atoms with Crippen LogP contribution in [-0.4, -0.2) is 22.3 Å². The van der Waals surface area contributed by atoms with Gasteiger partial charge in [-0.3, -0.25) is 4.79 Å². The van der Waals surface area contributed by atoms with Gasteiger partial charge in [-0.15, -0.1) is 0 Å². The molecular weight excluding hydrogens is 284 g/mol. The summed E-state index contributed by atoms with van der Waals surface area (Å²) in [6.07, 6.45) is 4.01. The van der Waals surface area contributed by atoms with Gasteiger partial charge in [0.15, 0.2) is 5.16 Å².